The molecule has 3 aromatic rings. The second-order valence-corrected chi connectivity index (χ2v) is 8.54. The van der Waals surface area contributed by atoms with Gasteiger partial charge in [-0.1, -0.05) is 29.8 Å². The number of ether oxygens (including phenoxy) is 2. The van der Waals surface area contributed by atoms with Crippen LogP contribution < -0.4 is 20.1 Å². The van der Waals surface area contributed by atoms with Gasteiger partial charge in [-0.2, -0.15) is 5.10 Å². The quantitative estimate of drug-likeness (QED) is 0.616. The zero-order chi connectivity index (χ0) is 23.1. The van der Waals surface area contributed by atoms with Crippen molar-refractivity contribution in [2.75, 3.05) is 18.5 Å². The molecule has 2 aliphatic heterocycles. The molecule has 0 unspecified atom stereocenters. The predicted molar refractivity (Wildman–Crippen MR) is 123 cm³/mol. The minimum Gasteiger partial charge on any atom is -0.489 e. The fourth-order valence-electron chi connectivity index (χ4n) is 4.46. The van der Waals surface area contributed by atoms with Gasteiger partial charge >= 0.3 is 0 Å². The number of benzene rings is 2. The smallest absolute Gasteiger partial charge is 0.251 e. The Kier molecular flexibility index (Phi) is 5.46. The summed E-state index contributed by atoms with van der Waals surface area (Å²) in [5, 5.41) is 10.7. The summed E-state index contributed by atoms with van der Waals surface area (Å²) in [5.74, 6) is 0.415. The van der Waals surface area contributed by atoms with Gasteiger partial charge in [0.2, 0.25) is 5.91 Å². The molecule has 0 aliphatic carbocycles. The van der Waals surface area contributed by atoms with Crippen LogP contribution in [0, 0.1) is 6.92 Å². The van der Waals surface area contributed by atoms with Gasteiger partial charge in [-0.05, 0) is 36.8 Å². The summed E-state index contributed by atoms with van der Waals surface area (Å²) in [7, 11) is 1.77. The van der Waals surface area contributed by atoms with E-state index in [9.17, 15) is 9.59 Å². The lowest BCUT2D eigenvalue weighted by Crippen LogP contribution is -2.50. The van der Waals surface area contributed by atoms with Crippen molar-refractivity contribution in [1.82, 2.24) is 15.1 Å². The highest BCUT2D eigenvalue weighted by atomic mass is 35.5. The molecule has 33 heavy (non-hydrogen) atoms. The van der Waals surface area contributed by atoms with Crippen LogP contribution in [-0.2, 0) is 11.8 Å². The van der Waals surface area contributed by atoms with Gasteiger partial charge in [-0.3, -0.25) is 14.3 Å². The van der Waals surface area contributed by atoms with Crippen molar-refractivity contribution in [2.45, 2.75) is 25.3 Å². The first-order valence-corrected chi connectivity index (χ1v) is 11.1. The van der Waals surface area contributed by atoms with Gasteiger partial charge in [0, 0.05) is 30.5 Å². The van der Waals surface area contributed by atoms with E-state index in [1.54, 1.807) is 42.1 Å². The summed E-state index contributed by atoms with van der Waals surface area (Å²) < 4.78 is 13.3. The third-order valence-corrected chi connectivity index (χ3v) is 6.22. The number of nitrogens with one attached hydrogen (secondary N) is 2. The van der Waals surface area contributed by atoms with Gasteiger partial charge in [0.15, 0.2) is 11.5 Å². The molecule has 0 saturated carbocycles. The normalized spacial score (nSPS) is 19.3. The fraction of sp³-hybridized carbons (Fsp3) is 0.292. The first-order valence-electron chi connectivity index (χ1n) is 10.7. The van der Waals surface area contributed by atoms with Crippen LogP contribution >= 0.6 is 11.6 Å². The lowest BCUT2D eigenvalue weighted by Gasteiger charge is -2.33. The monoisotopic (exact) mass is 466 g/mol. The molecule has 3 heterocycles. The van der Waals surface area contributed by atoms with Gasteiger partial charge in [0.25, 0.3) is 5.91 Å². The minimum atomic E-state index is -0.881. The molecule has 0 fully saturated rings. The van der Waals surface area contributed by atoms with Crippen LogP contribution in [0.1, 0.15) is 39.5 Å². The maximum Gasteiger partial charge on any atom is 0.251 e. The Hall–Kier alpha value is -3.52. The van der Waals surface area contributed by atoms with Crippen molar-refractivity contribution in [3.63, 3.8) is 0 Å². The molecule has 2 amide bonds. The minimum absolute atomic E-state index is 0.331. The van der Waals surface area contributed by atoms with Gasteiger partial charge in [-0.25, -0.2) is 0 Å². The SMILES string of the molecule is Cc1nn(C)c2c1[C@@H](c1cc(Cl)c3c(c1)OCCCO3)[C@H](NC(=O)c1ccccc1)C(=O)N2. The molecule has 2 aliphatic rings. The molecule has 2 aromatic carbocycles. The number of aryl methyl sites for hydroxylation is 2. The molecule has 1 aromatic heterocycles. The van der Waals surface area contributed by atoms with Crippen molar-refractivity contribution >= 4 is 29.2 Å². The molecule has 8 nitrogen and oxygen atoms in total. The summed E-state index contributed by atoms with van der Waals surface area (Å²) in [6.07, 6.45) is 0.744. The van der Waals surface area contributed by atoms with Crippen LogP contribution in [0.5, 0.6) is 11.5 Å². The summed E-state index contributed by atoms with van der Waals surface area (Å²) >= 11 is 6.58. The van der Waals surface area contributed by atoms with Gasteiger partial charge in [0.1, 0.15) is 11.9 Å². The van der Waals surface area contributed by atoms with E-state index in [1.807, 2.05) is 19.1 Å². The van der Waals surface area contributed by atoms with Crippen LogP contribution in [0.15, 0.2) is 42.5 Å². The molecule has 0 spiro atoms. The second kappa shape index (κ2) is 8.44. The Morgan fingerprint density at radius 3 is 2.76 bits per heavy atom. The highest BCUT2D eigenvalue weighted by molar-refractivity contribution is 6.32. The predicted octanol–water partition coefficient (Wildman–Crippen LogP) is 3.43. The van der Waals surface area contributed by atoms with Crippen LogP contribution in [-0.4, -0.2) is 40.9 Å². The number of anilines is 1. The second-order valence-electron chi connectivity index (χ2n) is 8.14. The van der Waals surface area contributed by atoms with Crippen LogP contribution in [0.3, 0.4) is 0 Å². The maximum absolute atomic E-state index is 13.2. The van der Waals surface area contributed by atoms with E-state index in [0.29, 0.717) is 41.1 Å². The number of halogens is 1. The number of carbonyl (C=O) groups excluding carboxylic acids is 2. The van der Waals surface area contributed by atoms with Crippen LogP contribution in [0.2, 0.25) is 5.02 Å². The Bertz CT molecular complexity index is 1240. The lowest BCUT2D eigenvalue weighted by molar-refractivity contribution is -0.118. The van der Waals surface area contributed by atoms with Gasteiger partial charge < -0.3 is 20.1 Å². The third-order valence-electron chi connectivity index (χ3n) is 5.94. The van der Waals surface area contributed by atoms with Crippen LogP contribution in [0.4, 0.5) is 5.82 Å². The Labute approximate surface area is 195 Å². The summed E-state index contributed by atoms with van der Waals surface area (Å²) in [4.78, 5) is 26.2. The van der Waals surface area contributed by atoms with E-state index in [0.717, 1.165) is 23.2 Å². The lowest BCUT2D eigenvalue weighted by atomic mass is 9.81. The number of nitrogens with zero attached hydrogens (tertiary/aromatic N) is 2. The van der Waals surface area contributed by atoms with E-state index in [4.69, 9.17) is 21.1 Å². The molecule has 2 atom stereocenters. The number of amides is 2. The number of hydrogen-bond acceptors (Lipinski definition) is 5. The molecule has 2 N–H and O–H groups in total. The maximum atomic E-state index is 13.2. The van der Waals surface area contributed by atoms with Gasteiger partial charge in [0.05, 0.1) is 23.9 Å². The largest absolute Gasteiger partial charge is 0.489 e. The molecule has 0 saturated heterocycles. The van der Waals surface area contributed by atoms with Crippen molar-refractivity contribution in [2.24, 2.45) is 7.05 Å². The van der Waals surface area contributed by atoms with E-state index >= 15 is 0 Å². The average Bonchev–Trinajstić information content (AvgIpc) is 2.96. The van der Waals surface area contributed by atoms with Crippen molar-refractivity contribution in [3.05, 3.63) is 69.9 Å². The molecule has 0 bridgehead atoms. The summed E-state index contributed by atoms with van der Waals surface area (Å²) in [6.45, 7) is 2.90. The van der Waals surface area contributed by atoms with E-state index in [2.05, 4.69) is 15.7 Å². The van der Waals surface area contributed by atoms with Crippen molar-refractivity contribution in [3.8, 4) is 11.5 Å². The Balaban J connectivity index is 1.62. The number of hydrogen-bond donors (Lipinski definition) is 2. The van der Waals surface area contributed by atoms with E-state index < -0.39 is 12.0 Å². The number of carbonyl (C=O) groups is 2. The van der Waals surface area contributed by atoms with Gasteiger partial charge in [-0.15, -0.1) is 0 Å². The topological polar surface area (TPSA) is 94.5 Å². The summed E-state index contributed by atoms with van der Waals surface area (Å²) in [5.41, 5.74) is 2.77. The Morgan fingerprint density at radius 1 is 1.21 bits per heavy atom. The Morgan fingerprint density at radius 2 is 1.97 bits per heavy atom. The zero-order valence-corrected chi connectivity index (χ0v) is 19.0. The fourth-order valence-corrected chi connectivity index (χ4v) is 4.73. The summed E-state index contributed by atoms with van der Waals surface area (Å²) in [6, 6.07) is 11.5. The van der Waals surface area contributed by atoms with E-state index in [1.165, 1.54) is 0 Å². The number of aromatic nitrogens is 2. The van der Waals surface area contributed by atoms with E-state index in [-0.39, 0.29) is 11.8 Å². The zero-order valence-electron chi connectivity index (χ0n) is 18.2. The number of fused-ring (bicyclic) bond motifs is 2. The molecular weight excluding hydrogens is 444 g/mol. The van der Waals surface area contributed by atoms with Crippen LogP contribution in [0.25, 0.3) is 0 Å². The molecule has 5 rings (SSSR count). The highest BCUT2D eigenvalue weighted by Crippen LogP contribution is 2.45. The average molecular weight is 467 g/mol. The first kappa shape index (κ1) is 21.3. The molecule has 170 valence electrons. The molecular formula is C24H23ClN4O4. The molecule has 0 radical (unpaired) electrons. The standard InChI is InChI=1S/C24H23ClN4O4/c1-13-18-19(15-11-16(25)21-17(12-15)32-9-6-10-33-21)20(24(31)27-22(18)29(2)28-13)26-23(30)14-7-4-3-5-8-14/h3-5,7-8,11-12,19-20H,6,9-10H2,1-2H3,(H,26,30)(H,27,31)/t19-,20+/m1/s1. The first-order chi connectivity index (χ1) is 15.9. The third kappa shape index (κ3) is 3.80. The highest BCUT2D eigenvalue weighted by Gasteiger charge is 2.42. The molecule has 9 heteroatoms. The van der Waals surface area contributed by atoms with Crippen molar-refractivity contribution in [1.29, 1.82) is 0 Å². The number of rotatable bonds is 3. The van der Waals surface area contributed by atoms with Crippen molar-refractivity contribution < 1.29 is 19.1 Å².